The molecule has 0 aliphatic heterocycles. The molecule has 114 valence electrons. The smallest absolute Gasteiger partial charge is 0.330 e. The zero-order valence-electron chi connectivity index (χ0n) is 11.2. The largest absolute Gasteiger partial charge is 0.479 e. The Kier molecular flexibility index (Phi) is 4.90. The molecule has 2 aromatic carbocycles. The monoisotopic (exact) mass is 338 g/mol. The van der Waals surface area contributed by atoms with Crippen LogP contribution in [0.2, 0.25) is 10.0 Å². The lowest BCUT2D eigenvalue weighted by Gasteiger charge is -2.16. The molecular weight excluding hydrogens is 327 g/mol. The molecule has 1 amide bonds. The van der Waals surface area contributed by atoms with Gasteiger partial charge in [-0.15, -0.1) is 0 Å². The number of carboxylic acids is 1. The first-order valence-electron chi connectivity index (χ1n) is 6.23. The fraction of sp³-hybridized carbons (Fsp3) is 0.0667. The van der Waals surface area contributed by atoms with E-state index in [-0.39, 0.29) is 21.3 Å². The average molecular weight is 339 g/mol. The molecule has 0 aliphatic carbocycles. The van der Waals surface area contributed by atoms with Crippen LogP contribution in [0.1, 0.15) is 22.0 Å². The molecule has 0 saturated carbocycles. The van der Waals surface area contributed by atoms with Gasteiger partial charge in [0.2, 0.25) is 0 Å². The van der Waals surface area contributed by atoms with Gasteiger partial charge < -0.3 is 16.2 Å². The summed E-state index contributed by atoms with van der Waals surface area (Å²) < 4.78 is 0. The first-order chi connectivity index (χ1) is 10.4. The van der Waals surface area contributed by atoms with E-state index in [9.17, 15) is 14.7 Å². The van der Waals surface area contributed by atoms with Crippen LogP contribution in [-0.2, 0) is 4.79 Å². The number of amides is 1. The highest BCUT2D eigenvalue weighted by Gasteiger charge is 2.24. The maximum Gasteiger partial charge on any atom is 0.330 e. The predicted octanol–water partition coefficient (Wildman–Crippen LogP) is 3.13. The third-order valence-corrected chi connectivity index (χ3v) is 3.62. The first kappa shape index (κ1) is 16.1. The van der Waals surface area contributed by atoms with E-state index < -0.39 is 17.9 Å². The minimum absolute atomic E-state index is 0.128. The Labute approximate surface area is 136 Å². The highest BCUT2D eigenvalue weighted by molar-refractivity contribution is 6.39. The lowest BCUT2D eigenvalue weighted by Crippen LogP contribution is -2.33. The summed E-state index contributed by atoms with van der Waals surface area (Å²) in [4.78, 5) is 23.5. The van der Waals surface area contributed by atoms with Gasteiger partial charge in [0.05, 0.1) is 15.7 Å². The van der Waals surface area contributed by atoms with Gasteiger partial charge in [0.1, 0.15) is 0 Å². The number of carboxylic acid groups (broad SMARTS) is 1. The summed E-state index contributed by atoms with van der Waals surface area (Å²) in [5.41, 5.74) is 6.36. The van der Waals surface area contributed by atoms with Gasteiger partial charge in [-0.3, -0.25) is 4.79 Å². The second-order valence-corrected chi connectivity index (χ2v) is 5.32. The Balaban J connectivity index is 2.32. The van der Waals surface area contributed by atoms with Crippen LogP contribution in [0.3, 0.4) is 0 Å². The van der Waals surface area contributed by atoms with Crippen LogP contribution in [-0.4, -0.2) is 17.0 Å². The summed E-state index contributed by atoms with van der Waals surface area (Å²) in [6.45, 7) is 0. The number of hydrogen-bond acceptors (Lipinski definition) is 3. The molecule has 22 heavy (non-hydrogen) atoms. The molecule has 5 nitrogen and oxygen atoms in total. The fourth-order valence-electron chi connectivity index (χ4n) is 1.86. The Morgan fingerprint density at radius 1 is 1.09 bits per heavy atom. The van der Waals surface area contributed by atoms with Crippen LogP contribution in [0.5, 0.6) is 0 Å². The first-order valence-corrected chi connectivity index (χ1v) is 6.99. The SMILES string of the molecule is Nc1c(Cl)cc(C(NC(=O)c2ccccc2)C(=O)O)cc1Cl. The number of aliphatic carboxylic acids is 1. The van der Waals surface area contributed by atoms with Gasteiger partial charge in [0.15, 0.2) is 6.04 Å². The van der Waals surface area contributed by atoms with Crippen molar-refractivity contribution in [2.45, 2.75) is 6.04 Å². The summed E-state index contributed by atoms with van der Waals surface area (Å²) in [5, 5.41) is 12.0. The Hall–Kier alpha value is -2.24. The van der Waals surface area contributed by atoms with Gasteiger partial charge >= 0.3 is 5.97 Å². The van der Waals surface area contributed by atoms with Crippen molar-refractivity contribution in [1.82, 2.24) is 5.32 Å². The maximum atomic E-state index is 12.1. The number of carbonyl (C=O) groups excluding carboxylic acids is 1. The number of benzene rings is 2. The standard InChI is InChI=1S/C15H12Cl2N2O3/c16-10-6-9(7-11(17)12(10)18)13(15(21)22)19-14(20)8-4-2-1-3-5-8/h1-7,13H,18H2,(H,19,20)(H,21,22). The van der Waals surface area contributed by atoms with Gasteiger partial charge in [0, 0.05) is 5.56 Å². The Morgan fingerprint density at radius 3 is 2.14 bits per heavy atom. The molecule has 0 aliphatic rings. The van der Waals surface area contributed by atoms with Gasteiger partial charge in [0.25, 0.3) is 5.91 Å². The van der Waals surface area contributed by atoms with Crippen LogP contribution >= 0.6 is 23.2 Å². The molecule has 2 aromatic rings. The van der Waals surface area contributed by atoms with Crippen LogP contribution in [0.25, 0.3) is 0 Å². The lowest BCUT2D eigenvalue weighted by molar-refractivity contribution is -0.139. The van der Waals surface area contributed by atoms with Crippen LogP contribution < -0.4 is 11.1 Å². The number of rotatable bonds is 4. The number of hydrogen-bond donors (Lipinski definition) is 3. The number of anilines is 1. The summed E-state index contributed by atoms with van der Waals surface area (Å²) in [7, 11) is 0. The zero-order valence-corrected chi connectivity index (χ0v) is 12.7. The maximum absolute atomic E-state index is 12.1. The van der Waals surface area contributed by atoms with Gasteiger partial charge in [-0.2, -0.15) is 0 Å². The molecule has 1 unspecified atom stereocenters. The lowest BCUT2D eigenvalue weighted by atomic mass is 10.1. The summed E-state index contributed by atoms with van der Waals surface area (Å²) in [5.74, 6) is -1.75. The Bertz CT molecular complexity index is 697. The minimum atomic E-state index is -1.29. The van der Waals surface area contributed by atoms with Crippen LogP contribution in [0.4, 0.5) is 5.69 Å². The molecule has 0 saturated heterocycles. The van der Waals surface area contributed by atoms with E-state index in [1.165, 1.54) is 12.1 Å². The minimum Gasteiger partial charge on any atom is -0.479 e. The van der Waals surface area contributed by atoms with Crippen molar-refractivity contribution in [3.8, 4) is 0 Å². The predicted molar refractivity (Wildman–Crippen MR) is 85.2 cm³/mol. The second kappa shape index (κ2) is 6.68. The molecule has 0 spiro atoms. The fourth-order valence-corrected chi connectivity index (χ4v) is 2.37. The molecule has 0 aromatic heterocycles. The number of halogens is 2. The van der Waals surface area contributed by atoms with Crippen LogP contribution in [0, 0.1) is 0 Å². The van der Waals surface area contributed by atoms with Crippen molar-refractivity contribution in [1.29, 1.82) is 0 Å². The third-order valence-electron chi connectivity index (χ3n) is 2.99. The van der Waals surface area contributed by atoms with Gasteiger partial charge in [-0.1, -0.05) is 41.4 Å². The number of carbonyl (C=O) groups is 2. The van der Waals surface area contributed by atoms with E-state index in [1.54, 1.807) is 30.3 Å². The molecule has 0 bridgehead atoms. The summed E-state index contributed by atoms with van der Waals surface area (Å²) in [6.07, 6.45) is 0. The quantitative estimate of drug-likeness (QED) is 0.746. The number of nitrogens with one attached hydrogen (secondary N) is 1. The molecule has 1 atom stereocenters. The zero-order chi connectivity index (χ0) is 16.3. The molecule has 2 rings (SSSR count). The van der Waals surface area contributed by atoms with Crippen LogP contribution in [0.15, 0.2) is 42.5 Å². The number of nitrogen functional groups attached to an aromatic ring is 1. The van der Waals surface area contributed by atoms with Crippen molar-refractivity contribution in [3.63, 3.8) is 0 Å². The van der Waals surface area contributed by atoms with Crippen molar-refractivity contribution >= 4 is 40.8 Å². The van der Waals surface area contributed by atoms with Crippen molar-refractivity contribution in [2.75, 3.05) is 5.73 Å². The second-order valence-electron chi connectivity index (χ2n) is 4.51. The normalized spacial score (nSPS) is 11.7. The van der Waals surface area contributed by atoms with E-state index in [2.05, 4.69) is 5.32 Å². The topological polar surface area (TPSA) is 92.4 Å². The molecule has 7 heteroatoms. The van der Waals surface area contributed by atoms with E-state index in [4.69, 9.17) is 28.9 Å². The summed E-state index contributed by atoms with van der Waals surface area (Å²) >= 11 is 11.8. The summed E-state index contributed by atoms with van der Waals surface area (Å²) in [6, 6.07) is 9.73. The van der Waals surface area contributed by atoms with E-state index in [0.29, 0.717) is 5.56 Å². The van der Waals surface area contributed by atoms with Gasteiger partial charge in [-0.25, -0.2) is 4.79 Å². The van der Waals surface area contributed by atoms with Crippen molar-refractivity contribution in [2.24, 2.45) is 0 Å². The molecule has 4 N–H and O–H groups in total. The highest BCUT2D eigenvalue weighted by atomic mass is 35.5. The molecule has 0 fully saturated rings. The van der Waals surface area contributed by atoms with E-state index in [1.807, 2.05) is 0 Å². The average Bonchev–Trinajstić information content (AvgIpc) is 2.50. The highest BCUT2D eigenvalue weighted by Crippen LogP contribution is 2.31. The van der Waals surface area contributed by atoms with Crippen molar-refractivity contribution < 1.29 is 14.7 Å². The van der Waals surface area contributed by atoms with Crippen molar-refractivity contribution in [3.05, 3.63) is 63.6 Å². The molecule has 0 heterocycles. The van der Waals surface area contributed by atoms with E-state index in [0.717, 1.165) is 0 Å². The Morgan fingerprint density at radius 2 is 1.64 bits per heavy atom. The third kappa shape index (κ3) is 3.50. The van der Waals surface area contributed by atoms with Gasteiger partial charge in [-0.05, 0) is 29.8 Å². The molecular formula is C15H12Cl2N2O3. The molecule has 0 radical (unpaired) electrons. The van der Waals surface area contributed by atoms with E-state index >= 15 is 0 Å². The number of nitrogens with two attached hydrogens (primary N) is 1.